The van der Waals surface area contributed by atoms with Gasteiger partial charge in [-0.15, -0.1) is 0 Å². The van der Waals surface area contributed by atoms with Gasteiger partial charge in [-0.3, -0.25) is 0 Å². The molecule has 2 aromatic carbocycles. The summed E-state index contributed by atoms with van der Waals surface area (Å²) in [5.74, 6) is -0.369. The maximum absolute atomic E-state index is 12.7. The van der Waals surface area contributed by atoms with Gasteiger partial charge in [-0.2, -0.15) is 0 Å². The van der Waals surface area contributed by atoms with Crippen LogP contribution in [0.3, 0.4) is 0 Å². The van der Waals surface area contributed by atoms with E-state index in [1.165, 1.54) is 0 Å². The third-order valence-electron chi connectivity index (χ3n) is 5.66. The first kappa shape index (κ1) is 31.7. The van der Waals surface area contributed by atoms with E-state index in [-0.39, 0.29) is 19.1 Å². The molecule has 0 spiro atoms. The highest BCUT2D eigenvalue weighted by molar-refractivity contribution is 6.34. The molecule has 1 N–H and O–H groups in total. The summed E-state index contributed by atoms with van der Waals surface area (Å²) in [4.78, 5) is 25.6. The zero-order chi connectivity index (χ0) is 27.9. The molecule has 8 nitrogen and oxygen atoms in total. The van der Waals surface area contributed by atoms with Crippen molar-refractivity contribution in [3.63, 3.8) is 0 Å². The van der Waals surface area contributed by atoms with Gasteiger partial charge in [-0.1, -0.05) is 42.3 Å². The van der Waals surface area contributed by atoms with Crippen LogP contribution in [0.2, 0.25) is 10.0 Å². The van der Waals surface area contributed by atoms with Crippen molar-refractivity contribution in [2.24, 2.45) is 0 Å². The number of rotatable bonds is 17. The lowest BCUT2D eigenvalue weighted by Crippen LogP contribution is -2.37. The number of carboxylic acids is 1. The average Bonchev–Trinajstić information content (AvgIpc) is 2.87. The number of benzene rings is 2. The first-order valence-corrected chi connectivity index (χ1v) is 13.5. The molecule has 0 saturated heterocycles. The molecule has 10 heteroatoms. The van der Waals surface area contributed by atoms with Gasteiger partial charge in [0.15, 0.2) is 6.10 Å². The number of aliphatic carboxylic acids is 1. The standard InChI is InChI=1S/C28H37Cl2NO7/c1-4-20(3)38-28(34)31(11-6-13-35-19-22-15-23(29)18-24(30)16-22)12-14-37-25-9-7-21(8-10-25)17-26(27(32)33)36-5-2/h7-10,15-16,18,20,26H,4-6,11-14,17,19H2,1-3H3,(H,32,33). The number of carbonyl (C=O) groups is 2. The number of carboxylic acid groups (broad SMARTS) is 1. The van der Waals surface area contributed by atoms with Gasteiger partial charge >= 0.3 is 12.1 Å². The molecular weight excluding hydrogens is 533 g/mol. The van der Waals surface area contributed by atoms with Crippen molar-refractivity contribution in [2.75, 3.05) is 32.9 Å². The molecular formula is C28H37Cl2NO7. The largest absolute Gasteiger partial charge is 0.492 e. The Morgan fingerprint density at radius 1 is 0.974 bits per heavy atom. The fourth-order valence-corrected chi connectivity index (χ4v) is 4.07. The second-order valence-corrected chi connectivity index (χ2v) is 9.63. The van der Waals surface area contributed by atoms with E-state index in [4.69, 9.17) is 42.1 Å². The molecule has 0 fully saturated rings. The van der Waals surface area contributed by atoms with Crippen molar-refractivity contribution in [3.8, 4) is 5.75 Å². The van der Waals surface area contributed by atoms with E-state index in [0.717, 1.165) is 17.5 Å². The van der Waals surface area contributed by atoms with Crippen LogP contribution in [0.5, 0.6) is 5.75 Å². The lowest BCUT2D eigenvalue weighted by atomic mass is 10.1. The molecule has 0 bridgehead atoms. The van der Waals surface area contributed by atoms with Gasteiger partial charge in [-0.05, 0) is 68.1 Å². The van der Waals surface area contributed by atoms with Crippen LogP contribution in [-0.4, -0.2) is 67.2 Å². The van der Waals surface area contributed by atoms with E-state index < -0.39 is 18.2 Å². The lowest BCUT2D eigenvalue weighted by molar-refractivity contribution is -0.149. The van der Waals surface area contributed by atoms with Gasteiger partial charge in [-0.25, -0.2) is 9.59 Å². The lowest BCUT2D eigenvalue weighted by Gasteiger charge is -2.24. The fraction of sp³-hybridized carbons (Fsp3) is 0.500. The van der Waals surface area contributed by atoms with Gasteiger partial charge in [0.1, 0.15) is 18.5 Å². The Balaban J connectivity index is 1.84. The van der Waals surface area contributed by atoms with E-state index in [0.29, 0.717) is 55.1 Å². The summed E-state index contributed by atoms with van der Waals surface area (Å²) < 4.78 is 22.3. The van der Waals surface area contributed by atoms with Crippen molar-refractivity contribution >= 4 is 35.3 Å². The van der Waals surface area contributed by atoms with Crippen molar-refractivity contribution in [2.45, 2.75) is 58.8 Å². The summed E-state index contributed by atoms with van der Waals surface area (Å²) in [6.45, 7) is 7.77. The Morgan fingerprint density at radius 2 is 1.66 bits per heavy atom. The number of hydrogen-bond donors (Lipinski definition) is 1. The summed E-state index contributed by atoms with van der Waals surface area (Å²) in [5.41, 5.74) is 1.71. The highest BCUT2D eigenvalue weighted by Crippen LogP contribution is 2.20. The first-order valence-electron chi connectivity index (χ1n) is 12.8. The van der Waals surface area contributed by atoms with E-state index >= 15 is 0 Å². The summed E-state index contributed by atoms with van der Waals surface area (Å²) in [6, 6.07) is 12.4. The van der Waals surface area contributed by atoms with Gasteiger partial charge in [0.25, 0.3) is 0 Å². The molecule has 0 aliphatic heterocycles. The normalized spacial score (nSPS) is 12.6. The van der Waals surface area contributed by atoms with Crippen molar-refractivity contribution in [1.29, 1.82) is 0 Å². The monoisotopic (exact) mass is 569 g/mol. The molecule has 2 atom stereocenters. The molecule has 2 unspecified atom stereocenters. The predicted octanol–water partition coefficient (Wildman–Crippen LogP) is 6.25. The smallest absolute Gasteiger partial charge is 0.410 e. The number of amides is 1. The Bertz CT molecular complexity index is 983. The van der Waals surface area contributed by atoms with Gasteiger partial charge in [0.2, 0.25) is 0 Å². The minimum absolute atomic E-state index is 0.186. The van der Waals surface area contributed by atoms with Crippen LogP contribution in [0.1, 0.15) is 44.7 Å². The molecule has 2 aromatic rings. The summed E-state index contributed by atoms with van der Waals surface area (Å²) >= 11 is 12.1. The van der Waals surface area contributed by atoms with Crippen LogP contribution in [-0.2, 0) is 32.0 Å². The van der Waals surface area contributed by atoms with Crippen LogP contribution in [0.4, 0.5) is 4.79 Å². The van der Waals surface area contributed by atoms with Gasteiger partial charge in [0, 0.05) is 36.2 Å². The van der Waals surface area contributed by atoms with Crippen molar-refractivity contribution < 1.29 is 33.6 Å². The highest BCUT2D eigenvalue weighted by Gasteiger charge is 2.19. The zero-order valence-electron chi connectivity index (χ0n) is 22.2. The first-order chi connectivity index (χ1) is 18.2. The van der Waals surface area contributed by atoms with E-state index in [9.17, 15) is 14.7 Å². The maximum atomic E-state index is 12.7. The summed E-state index contributed by atoms with van der Waals surface area (Å²) in [5, 5.41) is 10.4. The second-order valence-electron chi connectivity index (χ2n) is 8.75. The maximum Gasteiger partial charge on any atom is 0.410 e. The van der Waals surface area contributed by atoms with Crippen LogP contribution in [0.25, 0.3) is 0 Å². The number of nitrogens with zero attached hydrogens (tertiary/aromatic N) is 1. The number of ether oxygens (including phenoxy) is 4. The highest BCUT2D eigenvalue weighted by atomic mass is 35.5. The van der Waals surface area contributed by atoms with Gasteiger partial charge < -0.3 is 29.0 Å². The summed E-state index contributed by atoms with van der Waals surface area (Å²) in [6.07, 6.45) is 0.141. The Hall–Kier alpha value is -2.52. The predicted molar refractivity (Wildman–Crippen MR) is 147 cm³/mol. The van der Waals surface area contributed by atoms with Crippen molar-refractivity contribution in [3.05, 3.63) is 63.6 Å². The van der Waals surface area contributed by atoms with E-state index in [1.54, 1.807) is 42.2 Å². The molecule has 38 heavy (non-hydrogen) atoms. The number of halogens is 2. The minimum Gasteiger partial charge on any atom is -0.492 e. The molecule has 0 aliphatic rings. The van der Waals surface area contributed by atoms with Crippen molar-refractivity contribution in [1.82, 2.24) is 4.90 Å². The quantitative estimate of drug-likeness (QED) is 0.225. The van der Waals surface area contributed by atoms with E-state index in [2.05, 4.69) is 0 Å². The molecule has 2 rings (SSSR count). The third kappa shape index (κ3) is 11.9. The molecule has 0 aromatic heterocycles. The number of carbonyl (C=O) groups excluding carboxylic acids is 1. The summed E-state index contributed by atoms with van der Waals surface area (Å²) in [7, 11) is 0. The topological polar surface area (TPSA) is 94.5 Å². The molecule has 0 heterocycles. The van der Waals surface area contributed by atoms with Crippen LogP contribution in [0.15, 0.2) is 42.5 Å². The van der Waals surface area contributed by atoms with Crippen LogP contribution in [0, 0.1) is 0 Å². The zero-order valence-corrected chi connectivity index (χ0v) is 23.7. The minimum atomic E-state index is -0.990. The number of hydrogen-bond acceptors (Lipinski definition) is 6. The Morgan fingerprint density at radius 3 is 2.26 bits per heavy atom. The Kier molecular flexibility index (Phi) is 14.3. The average molecular weight is 571 g/mol. The van der Waals surface area contributed by atoms with Crippen LogP contribution < -0.4 is 4.74 Å². The van der Waals surface area contributed by atoms with E-state index in [1.807, 2.05) is 26.0 Å². The second kappa shape index (κ2) is 17.1. The van der Waals surface area contributed by atoms with Crippen LogP contribution >= 0.6 is 23.2 Å². The third-order valence-corrected chi connectivity index (χ3v) is 6.10. The molecule has 0 radical (unpaired) electrons. The molecule has 210 valence electrons. The Labute approximate surface area is 234 Å². The SMILES string of the molecule is CCOC(Cc1ccc(OCCN(CCCOCc2cc(Cl)cc(Cl)c2)C(=O)OC(C)CC)cc1)C(=O)O. The fourth-order valence-electron chi connectivity index (χ4n) is 3.49. The molecule has 0 aliphatic carbocycles. The van der Waals surface area contributed by atoms with Gasteiger partial charge in [0.05, 0.1) is 13.2 Å². The molecule has 1 amide bonds. The molecule has 0 saturated carbocycles.